The highest BCUT2D eigenvalue weighted by atomic mass is 32.2. The first-order valence-corrected chi connectivity index (χ1v) is 29.2. The highest BCUT2D eigenvalue weighted by Crippen LogP contribution is 2.33. The predicted octanol–water partition coefficient (Wildman–Crippen LogP) is -2.01. The lowest BCUT2D eigenvalue weighted by molar-refractivity contribution is -0.145. The number of aliphatic hydroxyl groups is 3. The Morgan fingerprint density at radius 1 is 0.861 bits per heavy atom. The van der Waals surface area contributed by atoms with Crippen LogP contribution in [0.2, 0.25) is 0 Å². The number of aromatic nitrogens is 1. The number of aliphatic hydroxyl groups excluding tert-OH is 3. The maximum absolute atomic E-state index is 15.1. The van der Waals surface area contributed by atoms with Gasteiger partial charge in [0.2, 0.25) is 53.2 Å². The van der Waals surface area contributed by atoms with E-state index in [1.165, 1.54) is 23.6 Å². The molecule has 11 unspecified atom stereocenters. The third kappa shape index (κ3) is 15.8. The van der Waals surface area contributed by atoms with Gasteiger partial charge in [0.15, 0.2) is 11.6 Å². The predicted molar refractivity (Wildman–Crippen MR) is 286 cm³/mol. The summed E-state index contributed by atoms with van der Waals surface area (Å²) in [4.78, 5) is 157. The second-order valence-corrected chi connectivity index (χ2v) is 23.3. The van der Waals surface area contributed by atoms with Crippen molar-refractivity contribution in [2.24, 2.45) is 29.4 Å². The van der Waals surface area contributed by atoms with E-state index in [4.69, 9.17) is 10.5 Å². The van der Waals surface area contributed by atoms with E-state index in [0.29, 0.717) is 48.9 Å². The molecule has 0 spiro atoms. The fourth-order valence-corrected chi connectivity index (χ4v) is 12.4. The van der Waals surface area contributed by atoms with Crippen molar-refractivity contribution in [2.75, 3.05) is 51.4 Å². The molecule has 9 amide bonds. The quantitative estimate of drug-likeness (QED) is 0.0641. The number of rotatable bonds is 16. The molecule has 12 atom stereocenters. The van der Waals surface area contributed by atoms with E-state index >= 15 is 4.21 Å². The Morgan fingerprint density at radius 2 is 1.56 bits per heavy atom. The molecule has 0 aliphatic carbocycles. The van der Waals surface area contributed by atoms with Crippen LogP contribution in [0.25, 0.3) is 10.9 Å². The van der Waals surface area contributed by atoms with Crippen molar-refractivity contribution in [3.05, 3.63) is 23.8 Å². The molecule has 1 aromatic heterocycles. The number of hydrogen-bond donors (Lipinski definition) is 10. The van der Waals surface area contributed by atoms with Crippen LogP contribution in [-0.2, 0) is 70.0 Å². The lowest BCUT2D eigenvalue weighted by atomic mass is 9.85. The third-order valence-electron chi connectivity index (χ3n) is 15.1. The number of ketones is 2. The highest BCUT2D eigenvalue weighted by molar-refractivity contribution is 8.00. The van der Waals surface area contributed by atoms with Crippen molar-refractivity contribution in [3.63, 3.8) is 0 Å². The number of imide groups is 1. The monoisotopic (exact) mass is 1140 g/mol. The largest absolute Gasteiger partial charge is 0.494 e. The van der Waals surface area contributed by atoms with E-state index in [-0.39, 0.29) is 47.1 Å². The summed E-state index contributed by atoms with van der Waals surface area (Å²) in [5.74, 6) is -13.7. The van der Waals surface area contributed by atoms with Crippen LogP contribution < -0.4 is 37.1 Å². The number of aromatic amines is 1. The summed E-state index contributed by atoms with van der Waals surface area (Å²) in [6.07, 6.45) is -0.977. The van der Waals surface area contributed by atoms with E-state index < -0.39 is 181 Å². The van der Waals surface area contributed by atoms with Crippen molar-refractivity contribution < 1.29 is 77.0 Å². The van der Waals surface area contributed by atoms with Gasteiger partial charge in [-0.2, -0.15) is 11.8 Å². The number of benzene rings is 1. The number of Topliss-reactive ketones (excluding diaryl/α,β-unsaturated/α-hetero) is 2. The van der Waals surface area contributed by atoms with Gasteiger partial charge in [-0.25, -0.2) is 0 Å². The number of H-pyrrole nitrogens is 1. The van der Waals surface area contributed by atoms with Gasteiger partial charge in [0, 0.05) is 68.5 Å². The second-order valence-electron chi connectivity index (χ2n) is 20.8. The van der Waals surface area contributed by atoms with Gasteiger partial charge in [0.1, 0.15) is 22.9 Å². The minimum Gasteiger partial charge on any atom is -0.494 e. The van der Waals surface area contributed by atoms with Crippen molar-refractivity contribution in [2.45, 2.75) is 138 Å². The molecule has 0 radical (unpaired) electrons. The van der Waals surface area contributed by atoms with Crippen molar-refractivity contribution in [1.82, 2.24) is 41.4 Å². The van der Waals surface area contributed by atoms with E-state index in [1.54, 1.807) is 38.3 Å². The zero-order valence-corrected chi connectivity index (χ0v) is 46.4. The van der Waals surface area contributed by atoms with Gasteiger partial charge < -0.3 is 62.3 Å². The Kier molecular flexibility index (Phi) is 22.1. The summed E-state index contributed by atoms with van der Waals surface area (Å²) >= 11 is 1.35. The first-order valence-electron chi connectivity index (χ1n) is 26.6. The van der Waals surface area contributed by atoms with Gasteiger partial charge in [-0.3, -0.25) is 61.8 Å². The molecule has 6 rings (SSSR count). The Morgan fingerprint density at radius 3 is 2.23 bits per heavy atom. The maximum atomic E-state index is 15.1. The lowest BCUT2D eigenvalue weighted by Crippen LogP contribution is -2.56. The molecular formula is C52H73N9O16S2. The maximum Gasteiger partial charge on any atom is 0.243 e. The normalized spacial score (nSPS) is 27.6. The minimum atomic E-state index is -2.34. The lowest BCUT2D eigenvalue weighted by Gasteiger charge is -2.32. The van der Waals surface area contributed by atoms with Gasteiger partial charge in [0.25, 0.3) is 0 Å². The number of nitrogens with zero attached hydrogens (tertiary/aromatic N) is 2. The number of unbranched alkanes of at least 4 members (excludes halogenated alkanes) is 3. The number of carbonyl (C=O) groups excluding carboxylic acids is 11. The van der Waals surface area contributed by atoms with Crippen LogP contribution in [0.15, 0.2) is 23.2 Å². The summed E-state index contributed by atoms with van der Waals surface area (Å²) in [5, 5.41) is 44.4. The minimum absolute atomic E-state index is 0.0690. The summed E-state index contributed by atoms with van der Waals surface area (Å²) in [6.45, 7) is 2.58. The summed E-state index contributed by atoms with van der Waals surface area (Å²) < 4.78 is 21.2. The van der Waals surface area contributed by atoms with Gasteiger partial charge in [-0.15, -0.1) is 0 Å². The van der Waals surface area contributed by atoms with Crippen LogP contribution in [0.4, 0.5) is 0 Å². The number of thioether (sulfide) groups is 1. The molecule has 2 fully saturated rings. The fourth-order valence-electron chi connectivity index (χ4n) is 10.3. The Bertz CT molecular complexity index is 2690. The van der Waals surface area contributed by atoms with Crippen LogP contribution in [0, 0.1) is 23.7 Å². The van der Waals surface area contributed by atoms with E-state index in [2.05, 4.69) is 31.6 Å². The molecule has 79 heavy (non-hydrogen) atoms. The highest BCUT2D eigenvalue weighted by Gasteiger charge is 2.45. The number of ether oxygens (including phenoxy) is 1. The van der Waals surface area contributed by atoms with E-state index in [0.717, 1.165) is 11.3 Å². The number of nitrogens with two attached hydrogens (primary N) is 1. The topological polar surface area (TPSA) is 383 Å². The molecule has 25 nitrogen and oxygen atoms in total. The number of primary amides is 1. The number of carbonyl (C=O) groups is 11. The number of hydrogen-bond acceptors (Lipinski definition) is 17. The second kappa shape index (κ2) is 28.2. The van der Waals surface area contributed by atoms with E-state index in [9.17, 15) is 68.1 Å². The molecule has 11 N–H and O–H groups in total. The Balaban J connectivity index is 1.42. The molecule has 2 bridgehead atoms. The molecule has 2 saturated heterocycles. The van der Waals surface area contributed by atoms with Crippen LogP contribution in [0.1, 0.15) is 90.5 Å². The molecule has 4 aliphatic rings. The zero-order chi connectivity index (χ0) is 57.8. The fraction of sp³-hybridized carbons (Fsp3) is 0.635. The van der Waals surface area contributed by atoms with Crippen LogP contribution >= 0.6 is 11.8 Å². The summed E-state index contributed by atoms with van der Waals surface area (Å²) in [7, 11) is -2.34. The van der Waals surface area contributed by atoms with Crippen LogP contribution in [0.3, 0.4) is 0 Å². The molecule has 4 aliphatic heterocycles. The van der Waals surface area contributed by atoms with Gasteiger partial charge in [0.05, 0.1) is 83.8 Å². The van der Waals surface area contributed by atoms with Gasteiger partial charge >= 0.3 is 0 Å². The SMILES string of the molecule is CCC(C)C1NC(=O)CNC(=O)C2CC(=O)C(C(C)C(O)CO)NC(=O)C3C[C@@H](O)CN3C(=O)C(CC(N)=O)CC(=O)C(CS(=O)c3[nH]c4cc(OCCCCCCN5C(=O)CC(SC)C5=O)ccc4c3C2)NC(=O)CNC1=O. The van der Waals surface area contributed by atoms with Crippen molar-refractivity contribution in [1.29, 1.82) is 0 Å². The number of fused-ring (bicyclic) bond motifs is 5. The van der Waals surface area contributed by atoms with E-state index in [1.807, 2.05) is 0 Å². The molecule has 1 aromatic carbocycles. The third-order valence-corrected chi connectivity index (χ3v) is 17.5. The Labute approximate surface area is 463 Å². The molecular weight excluding hydrogens is 1070 g/mol. The molecule has 434 valence electrons. The molecule has 5 heterocycles. The smallest absolute Gasteiger partial charge is 0.243 e. The molecule has 27 heteroatoms. The first-order chi connectivity index (χ1) is 37.5. The average Bonchev–Trinajstić information content (AvgIpc) is 4.15. The summed E-state index contributed by atoms with van der Waals surface area (Å²) in [5.41, 5.74) is 6.12. The van der Waals surface area contributed by atoms with Gasteiger partial charge in [-0.1, -0.05) is 40.0 Å². The number of amides is 9. The standard InChI is InChI=1S/C52H73N9O16S2/c1-5-26(2)45-49(73)55-21-42(68)56-35-25-79(76)50-33(32-11-10-31(19-34(32)57-50)77-13-9-7-6-8-12-60-44(70)20-40(78-4)52(60)75)14-28(47(71)54-22-43(69)58-45)15-38(65)46(27(3)39(66)24-62)59-48(72)36-18-30(63)23-61(36)51(74)29(16-37(35)64)17-41(53)67/h10-11,19,26-30,35-36,39-40,45-46,57,62-63,66H,5-9,12-18,20-25H2,1-4H3,(H2,53,67)(H,54,71)(H,55,73)(H,56,68)(H,58,69)(H,59,72)/t26?,27?,28?,29?,30-,35?,36?,39?,40?,45?,46?,79?/m1/s1. The number of nitrogens with one attached hydrogen (secondary N) is 6. The molecule has 0 saturated carbocycles. The van der Waals surface area contributed by atoms with Gasteiger partial charge in [-0.05, 0) is 49.1 Å². The van der Waals surface area contributed by atoms with Crippen molar-refractivity contribution in [3.8, 4) is 5.75 Å². The average molecular weight is 1140 g/mol. The summed E-state index contributed by atoms with van der Waals surface area (Å²) in [6, 6.07) is -1.27. The Hall–Kier alpha value is -6.29. The first kappa shape index (κ1) is 61.9. The number of likely N-dealkylation sites (tertiary alicyclic amines) is 1. The zero-order valence-electron chi connectivity index (χ0n) is 44.7. The van der Waals surface area contributed by atoms with Crippen LogP contribution in [-0.4, -0.2) is 192 Å². The van der Waals surface area contributed by atoms with Crippen molar-refractivity contribution >= 4 is 98.2 Å². The molecule has 2 aromatic rings. The van der Waals surface area contributed by atoms with Crippen LogP contribution in [0.5, 0.6) is 5.75 Å².